The average Bonchev–Trinajstić information content (AvgIpc) is 2.39. The van der Waals surface area contributed by atoms with Crippen molar-refractivity contribution in [2.24, 2.45) is 0 Å². The van der Waals surface area contributed by atoms with Crippen LogP contribution in [0.15, 0.2) is 23.1 Å². The number of thioether (sulfide) groups is 1. The van der Waals surface area contributed by atoms with Crippen molar-refractivity contribution >= 4 is 17.4 Å². The Morgan fingerprint density at radius 3 is 2.89 bits per heavy atom. The third-order valence-electron chi connectivity index (χ3n) is 3.18. The van der Waals surface area contributed by atoms with Crippen LogP contribution in [0.2, 0.25) is 0 Å². The Hall–Kier alpha value is -0.710. The summed E-state index contributed by atoms with van der Waals surface area (Å²) in [6, 6.07) is 7.07. The van der Waals surface area contributed by atoms with Crippen molar-refractivity contribution in [2.75, 3.05) is 30.8 Å². The van der Waals surface area contributed by atoms with Crippen molar-refractivity contribution in [3.8, 4) is 0 Å². The Morgan fingerprint density at radius 1 is 1.39 bits per heavy atom. The molecular formula is C14H22N2OS. The molecule has 1 saturated heterocycles. The molecule has 0 atom stereocenters. The van der Waals surface area contributed by atoms with E-state index in [0.717, 1.165) is 18.8 Å². The minimum absolute atomic E-state index is 0.228. The molecule has 1 aromatic carbocycles. The SMILES string of the molecule is Cc1ccc(SCCO)c(NC2CCNCC2)c1. The van der Waals surface area contributed by atoms with Gasteiger partial charge in [0, 0.05) is 22.4 Å². The molecule has 1 aliphatic rings. The van der Waals surface area contributed by atoms with Crippen molar-refractivity contribution in [2.45, 2.75) is 30.7 Å². The highest BCUT2D eigenvalue weighted by Crippen LogP contribution is 2.29. The molecule has 0 unspecified atom stereocenters. The van der Waals surface area contributed by atoms with Crippen molar-refractivity contribution in [1.82, 2.24) is 5.32 Å². The van der Waals surface area contributed by atoms with E-state index in [2.05, 4.69) is 35.8 Å². The standard InChI is InChI=1S/C14H22N2OS/c1-11-2-3-14(18-9-8-17)13(10-11)16-12-4-6-15-7-5-12/h2-3,10,12,15-17H,4-9H2,1H3. The zero-order valence-corrected chi connectivity index (χ0v) is 11.7. The van der Waals surface area contributed by atoms with Crippen molar-refractivity contribution in [3.05, 3.63) is 23.8 Å². The Kier molecular flexibility index (Phi) is 5.35. The second-order valence-corrected chi connectivity index (χ2v) is 5.88. The summed E-state index contributed by atoms with van der Waals surface area (Å²) in [5.41, 5.74) is 2.50. The summed E-state index contributed by atoms with van der Waals surface area (Å²) in [5.74, 6) is 0.754. The van der Waals surface area contributed by atoms with E-state index in [4.69, 9.17) is 5.11 Å². The number of piperidine rings is 1. The normalized spacial score (nSPS) is 16.8. The van der Waals surface area contributed by atoms with Crippen LogP contribution in [0.4, 0.5) is 5.69 Å². The van der Waals surface area contributed by atoms with Gasteiger partial charge in [0.05, 0.1) is 6.61 Å². The minimum atomic E-state index is 0.228. The monoisotopic (exact) mass is 266 g/mol. The van der Waals surface area contributed by atoms with E-state index in [1.165, 1.54) is 29.0 Å². The number of aliphatic hydroxyl groups is 1. The number of rotatable bonds is 5. The summed E-state index contributed by atoms with van der Waals surface area (Å²) < 4.78 is 0. The van der Waals surface area contributed by atoms with Crippen LogP contribution in [0.1, 0.15) is 18.4 Å². The van der Waals surface area contributed by atoms with E-state index in [1.807, 2.05) is 0 Å². The van der Waals surface area contributed by atoms with Crippen LogP contribution in [0.5, 0.6) is 0 Å². The fraction of sp³-hybridized carbons (Fsp3) is 0.571. The maximum Gasteiger partial charge on any atom is 0.0525 e. The zero-order valence-electron chi connectivity index (χ0n) is 10.9. The Labute approximate surface area is 113 Å². The number of aryl methyl sites for hydroxylation is 1. The molecular weight excluding hydrogens is 244 g/mol. The van der Waals surface area contributed by atoms with Gasteiger partial charge in [0.25, 0.3) is 0 Å². The highest BCUT2D eigenvalue weighted by atomic mass is 32.2. The van der Waals surface area contributed by atoms with Gasteiger partial charge < -0.3 is 15.7 Å². The maximum absolute atomic E-state index is 8.94. The molecule has 1 aromatic rings. The fourth-order valence-corrected chi connectivity index (χ4v) is 2.97. The first-order chi connectivity index (χ1) is 8.79. The van der Waals surface area contributed by atoms with Gasteiger partial charge in [-0.3, -0.25) is 0 Å². The van der Waals surface area contributed by atoms with Crippen LogP contribution < -0.4 is 10.6 Å². The summed E-state index contributed by atoms with van der Waals surface area (Å²) in [7, 11) is 0. The number of nitrogens with one attached hydrogen (secondary N) is 2. The van der Waals surface area contributed by atoms with E-state index in [0.29, 0.717) is 6.04 Å². The largest absolute Gasteiger partial charge is 0.396 e. The molecule has 100 valence electrons. The molecule has 0 spiro atoms. The maximum atomic E-state index is 8.94. The first kappa shape index (κ1) is 13.7. The number of hydrogen-bond acceptors (Lipinski definition) is 4. The highest BCUT2D eigenvalue weighted by Gasteiger charge is 2.14. The molecule has 0 saturated carbocycles. The fourth-order valence-electron chi connectivity index (χ4n) is 2.22. The van der Waals surface area contributed by atoms with E-state index < -0.39 is 0 Å². The molecule has 1 fully saturated rings. The van der Waals surface area contributed by atoms with Crippen molar-refractivity contribution in [3.63, 3.8) is 0 Å². The minimum Gasteiger partial charge on any atom is -0.396 e. The summed E-state index contributed by atoms with van der Waals surface area (Å²) in [4.78, 5) is 1.24. The average molecular weight is 266 g/mol. The van der Waals surface area contributed by atoms with Crippen LogP contribution in [0.3, 0.4) is 0 Å². The molecule has 1 heterocycles. The lowest BCUT2D eigenvalue weighted by atomic mass is 10.1. The Morgan fingerprint density at radius 2 is 2.17 bits per heavy atom. The van der Waals surface area contributed by atoms with E-state index in [1.54, 1.807) is 11.8 Å². The predicted molar refractivity (Wildman–Crippen MR) is 78.5 cm³/mol. The smallest absolute Gasteiger partial charge is 0.0525 e. The lowest BCUT2D eigenvalue weighted by Crippen LogP contribution is -2.35. The van der Waals surface area contributed by atoms with Gasteiger partial charge in [-0.05, 0) is 50.6 Å². The summed E-state index contributed by atoms with van der Waals surface area (Å²) in [5, 5.41) is 16.0. The Bertz CT molecular complexity index is 378. The predicted octanol–water partition coefficient (Wildman–Crippen LogP) is 2.24. The molecule has 3 nitrogen and oxygen atoms in total. The van der Waals surface area contributed by atoms with Crippen LogP contribution in [0.25, 0.3) is 0 Å². The van der Waals surface area contributed by atoms with Crippen molar-refractivity contribution in [1.29, 1.82) is 0 Å². The van der Waals surface area contributed by atoms with Crippen LogP contribution in [0, 0.1) is 6.92 Å². The van der Waals surface area contributed by atoms with E-state index in [-0.39, 0.29) is 6.61 Å². The summed E-state index contributed by atoms with van der Waals surface area (Å²) >= 11 is 1.72. The van der Waals surface area contributed by atoms with Gasteiger partial charge in [0.1, 0.15) is 0 Å². The van der Waals surface area contributed by atoms with Gasteiger partial charge in [-0.25, -0.2) is 0 Å². The second kappa shape index (κ2) is 7.02. The molecule has 0 radical (unpaired) electrons. The molecule has 0 amide bonds. The molecule has 0 aromatic heterocycles. The molecule has 3 N–H and O–H groups in total. The van der Waals surface area contributed by atoms with Gasteiger partial charge in [-0.15, -0.1) is 11.8 Å². The molecule has 0 bridgehead atoms. The quantitative estimate of drug-likeness (QED) is 0.715. The van der Waals surface area contributed by atoms with Gasteiger partial charge in [0.15, 0.2) is 0 Å². The lowest BCUT2D eigenvalue weighted by Gasteiger charge is -2.26. The lowest BCUT2D eigenvalue weighted by molar-refractivity contribution is 0.322. The summed E-state index contributed by atoms with van der Waals surface area (Å²) in [6.07, 6.45) is 2.36. The third kappa shape index (κ3) is 3.90. The van der Waals surface area contributed by atoms with Gasteiger partial charge in [-0.1, -0.05) is 6.07 Å². The molecule has 18 heavy (non-hydrogen) atoms. The topological polar surface area (TPSA) is 44.3 Å². The van der Waals surface area contributed by atoms with Crippen LogP contribution >= 0.6 is 11.8 Å². The summed E-state index contributed by atoms with van der Waals surface area (Å²) in [6.45, 7) is 4.55. The third-order valence-corrected chi connectivity index (χ3v) is 4.24. The van der Waals surface area contributed by atoms with Gasteiger partial charge in [0.2, 0.25) is 0 Å². The number of aliphatic hydroxyl groups excluding tert-OH is 1. The number of hydrogen-bond donors (Lipinski definition) is 3. The zero-order chi connectivity index (χ0) is 12.8. The van der Waals surface area contributed by atoms with Gasteiger partial charge in [-0.2, -0.15) is 0 Å². The van der Waals surface area contributed by atoms with Crippen LogP contribution in [-0.4, -0.2) is 36.6 Å². The van der Waals surface area contributed by atoms with E-state index in [9.17, 15) is 0 Å². The Balaban J connectivity index is 2.05. The van der Waals surface area contributed by atoms with E-state index >= 15 is 0 Å². The number of anilines is 1. The molecule has 4 heteroatoms. The highest BCUT2D eigenvalue weighted by molar-refractivity contribution is 7.99. The van der Waals surface area contributed by atoms with Crippen LogP contribution in [-0.2, 0) is 0 Å². The van der Waals surface area contributed by atoms with Gasteiger partial charge >= 0.3 is 0 Å². The molecule has 2 rings (SSSR count). The second-order valence-electron chi connectivity index (χ2n) is 4.74. The van der Waals surface area contributed by atoms with Crippen molar-refractivity contribution < 1.29 is 5.11 Å². The number of benzene rings is 1. The molecule has 0 aliphatic carbocycles. The first-order valence-electron chi connectivity index (χ1n) is 6.61. The molecule has 1 aliphatic heterocycles. The first-order valence-corrected chi connectivity index (χ1v) is 7.59.